The van der Waals surface area contributed by atoms with E-state index >= 15 is 14.4 Å². The maximum absolute atomic E-state index is 15.5. The van der Waals surface area contributed by atoms with Crippen LogP contribution in [0.4, 0.5) is 0 Å². The van der Waals surface area contributed by atoms with Gasteiger partial charge in [0.05, 0.1) is 51.4 Å². The van der Waals surface area contributed by atoms with Crippen molar-refractivity contribution in [1.82, 2.24) is 95.4 Å². The van der Waals surface area contributed by atoms with Gasteiger partial charge in [0.2, 0.25) is 106 Å². The number of thiol groups is 2. The second kappa shape index (κ2) is 56.5. The molecule has 704 valence electrons. The zero-order valence-corrected chi connectivity index (χ0v) is 73.7. The van der Waals surface area contributed by atoms with Gasteiger partial charge >= 0.3 is 0 Å². The summed E-state index contributed by atoms with van der Waals surface area (Å²) in [6, 6.07) is 10.6. The topological polar surface area (TPSA) is 692 Å². The number of aliphatic hydroxyl groups is 3. The largest absolute Gasteiger partial charge is 0.394 e. The van der Waals surface area contributed by atoms with E-state index < -0.39 is 230 Å². The third-order valence-corrected chi connectivity index (χ3v) is 20.6. The van der Waals surface area contributed by atoms with Gasteiger partial charge in [-0.1, -0.05) is 109 Å². The summed E-state index contributed by atoms with van der Waals surface area (Å²) in [5, 5.41) is 74.8. The molecule has 45 heteroatoms. The number of aromatic amines is 1. The number of primary amides is 1. The van der Waals surface area contributed by atoms with Crippen molar-refractivity contribution in [2.24, 2.45) is 22.9 Å². The molecule has 0 bridgehead atoms. The van der Waals surface area contributed by atoms with Crippen molar-refractivity contribution in [3.8, 4) is 0 Å². The molecule has 129 heavy (non-hydrogen) atoms. The summed E-state index contributed by atoms with van der Waals surface area (Å²) in [5.41, 5.74) is 25.1. The highest BCUT2D eigenvalue weighted by Gasteiger charge is 2.40. The molecule has 0 aliphatic heterocycles. The van der Waals surface area contributed by atoms with Crippen LogP contribution < -0.4 is 113 Å². The van der Waals surface area contributed by atoms with E-state index in [-0.39, 0.29) is 89.1 Å². The van der Waals surface area contributed by atoms with Crippen LogP contribution in [0.1, 0.15) is 94.9 Å². The highest BCUT2D eigenvalue weighted by Crippen LogP contribution is 2.21. The number of amides is 18. The molecule has 43 nitrogen and oxygen atoms in total. The summed E-state index contributed by atoms with van der Waals surface area (Å²) in [6.07, 6.45) is -3.30. The Balaban J connectivity index is 1.42. The Morgan fingerprint density at radius 3 is 1.17 bits per heavy atom. The number of aromatic nitrogens is 1. The van der Waals surface area contributed by atoms with Gasteiger partial charge in [-0.15, -0.1) is 0 Å². The highest BCUT2D eigenvalue weighted by molar-refractivity contribution is 7.80. The van der Waals surface area contributed by atoms with Gasteiger partial charge in [0.1, 0.15) is 78.5 Å². The monoisotopic (exact) mass is 1840 g/mol. The minimum Gasteiger partial charge on any atom is -0.394 e. The molecule has 5 aromatic rings. The fourth-order valence-electron chi connectivity index (χ4n) is 12.9. The zero-order valence-electron chi connectivity index (χ0n) is 72.0. The molecule has 18 amide bonds. The van der Waals surface area contributed by atoms with Crippen molar-refractivity contribution in [1.29, 1.82) is 0 Å². The van der Waals surface area contributed by atoms with E-state index in [0.717, 1.165) is 13.8 Å². The summed E-state index contributed by atoms with van der Waals surface area (Å²) in [4.78, 5) is 251. The van der Waals surface area contributed by atoms with Gasteiger partial charge in [-0.25, -0.2) is 0 Å². The van der Waals surface area contributed by atoms with Gasteiger partial charge in [0.15, 0.2) is 0 Å². The lowest BCUT2D eigenvalue weighted by Gasteiger charge is -2.29. The van der Waals surface area contributed by atoms with Gasteiger partial charge in [-0.3, -0.25) is 86.3 Å². The van der Waals surface area contributed by atoms with Crippen LogP contribution in [0.2, 0.25) is 0 Å². The standard InChI is InChI=1S/C84H120N22O21S2/c1-5-89-73(116)63(44-128)104-81(124)62(43-107)103-84(127)71(48(4)109)106-80(123)59(35-51-25-13-8-14-26-51)102-83(126)70(47(3)108)105-75(118)56(30-18-20-32-86)96-78(121)60(36-52-39-90-54-28-16-15-27-53(52)54)100-77(120)58(34-50-23-11-7-12-24-50)98-76(119)57(33-49-21-9-6-10-22-49)99-79(122)61(37-65(88)110)101-74(117)55(29-17-19-31-85)97-82(125)64(45-129)95-69(114)42-93-72(115)46(2)94-68(113)41-92-67(112)40-91-66(111)38-87/h6-16,21-28,39,46-48,55-64,70-71,90,107-109,128-129H,5,17-20,29-38,40-45,85-87H2,1-4H3,(H2,88,110)(H,89,116)(H,91,111)(H,92,112)(H,93,115)(H,94,113)(H,95,114)(H,96,121)(H,97,125)(H,98,119)(H,99,122)(H,100,120)(H,101,117)(H,102,126)(H,103,127)(H,104,124)(H,105,118)(H,106,123)/t46-,47+,48+,55-,56-,57-,58-,59-,60-,61-,62-,63-,64-,70-,71-/m0/s1. The molecule has 0 saturated carbocycles. The van der Waals surface area contributed by atoms with Crippen molar-refractivity contribution in [3.63, 3.8) is 0 Å². The number of rotatable bonds is 57. The molecule has 0 aliphatic rings. The molecule has 0 unspecified atom stereocenters. The minimum absolute atomic E-state index is 0.115. The lowest BCUT2D eigenvalue weighted by molar-refractivity contribution is -0.138. The van der Waals surface area contributed by atoms with Crippen LogP contribution >= 0.6 is 25.3 Å². The van der Waals surface area contributed by atoms with Crippen molar-refractivity contribution in [3.05, 3.63) is 144 Å². The van der Waals surface area contributed by atoms with Gasteiger partial charge in [-0.2, -0.15) is 25.3 Å². The summed E-state index contributed by atoms with van der Waals surface area (Å²) in [7, 11) is 0. The minimum atomic E-state index is -1.92. The third kappa shape index (κ3) is 37.3. The molecule has 1 heterocycles. The lowest BCUT2D eigenvalue weighted by Crippen LogP contribution is -2.63. The van der Waals surface area contributed by atoms with Crippen LogP contribution in [0.5, 0.6) is 0 Å². The second-order valence-corrected chi connectivity index (χ2v) is 30.9. The number of unbranched alkanes of at least 4 members (excludes halogenated alkanes) is 2. The normalized spacial score (nSPS) is 14.5. The van der Waals surface area contributed by atoms with Gasteiger partial charge in [0, 0.05) is 60.8 Å². The molecule has 5 rings (SSSR count). The molecule has 0 radical (unpaired) electrons. The Morgan fingerprint density at radius 2 is 0.721 bits per heavy atom. The highest BCUT2D eigenvalue weighted by atomic mass is 32.1. The molecule has 29 N–H and O–H groups in total. The molecule has 15 atom stereocenters. The molecule has 0 spiro atoms. The van der Waals surface area contributed by atoms with Gasteiger partial charge < -0.3 is 134 Å². The lowest BCUT2D eigenvalue weighted by atomic mass is 10.00. The van der Waals surface area contributed by atoms with Crippen LogP contribution in [-0.4, -0.2) is 281 Å². The number of hydrogen-bond acceptors (Lipinski definition) is 26. The van der Waals surface area contributed by atoms with E-state index in [1.165, 1.54) is 6.92 Å². The number of para-hydroxylation sites is 1. The maximum atomic E-state index is 15.5. The first-order chi connectivity index (χ1) is 61.6. The van der Waals surface area contributed by atoms with Crippen LogP contribution in [-0.2, 0) is 112 Å². The van der Waals surface area contributed by atoms with E-state index in [4.69, 9.17) is 22.9 Å². The third-order valence-electron chi connectivity index (χ3n) is 19.9. The quantitative estimate of drug-likeness (QED) is 0.0127. The van der Waals surface area contributed by atoms with Crippen molar-refractivity contribution < 1.29 is 102 Å². The SMILES string of the molecule is CCNC(=O)[C@H](CS)NC(=O)[C@H](CO)NC(=O)[C@@H](NC(=O)[C@H](Cc1ccccc1)NC(=O)[C@@H](NC(=O)[C@H](CCCCN)NC(=O)[C@H](Cc1c[nH]c2ccccc12)NC(=O)[C@H](Cc1ccccc1)NC(=O)[C@H](Cc1ccccc1)NC(=O)[C@H](CC(N)=O)NC(=O)[C@H](CCCCN)NC(=O)[C@H](CS)NC(=O)CNC(=O)[C@H](C)NC(=O)CNC(=O)CNC(=O)CN)[C@@H](C)O)[C@@H](C)O. The van der Waals surface area contributed by atoms with Crippen LogP contribution in [0.15, 0.2) is 121 Å². The van der Waals surface area contributed by atoms with E-state index in [2.05, 4.69) is 121 Å². The molecule has 0 saturated heterocycles. The second-order valence-electron chi connectivity index (χ2n) is 30.2. The van der Waals surface area contributed by atoms with Crippen LogP contribution in [0, 0.1) is 0 Å². The van der Waals surface area contributed by atoms with E-state index in [1.54, 1.807) is 128 Å². The Kier molecular flexibility index (Phi) is 46.8. The van der Waals surface area contributed by atoms with Crippen molar-refractivity contribution in [2.45, 2.75) is 189 Å². The number of aliphatic hydroxyl groups excluding tert-OH is 3. The molecule has 4 aromatic carbocycles. The predicted molar refractivity (Wildman–Crippen MR) is 478 cm³/mol. The zero-order chi connectivity index (χ0) is 95.2. The van der Waals surface area contributed by atoms with E-state index in [1.807, 2.05) is 0 Å². The number of hydrogen-bond donors (Lipinski definition) is 27. The maximum Gasteiger partial charge on any atom is 0.245 e. The molecule has 1 aromatic heterocycles. The first-order valence-electron chi connectivity index (χ1n) is 41.8. The van der Waals surface area contributed by atoms with Gasteiger partial charge in [0.25, 0.3) is 0 Å². The van der Waals surface area contributed by atoms with Crippen LogP contribution in [0.25, 0.3) is 10.9 Å². The number of benzene rings is 4. The van der Waals surface area contributed by atoms with Crippen molar-refractivity contribution in [2.75, 3.05) is 63.9 Å². The number of carbonyl (C=O) groups excluding carboxylic acids is 18. The fourth-order valence-corrected chi connectivity index (χ4v) is 13.4. The first kappa shape index (κ1) is 107. The van der Waals surface area contributed by atoms with E-state index in [0.29, 0.717) is 46.0 Å². The average molecular weight is 1840 g/mol. The summed E-state index contributed by atoms with van der Waals surface area (Å²) < 4.78 is 0. The first-order valence-corrected chi connectivity index (χ1v) is 43.1. The van der Waals surface area contributed by atoms with Gasteiger partial charge in [-0.05, 0) is 108 Å². The Labute approximate surface area is 755 Å². The Morgan fingerprint density at radius 1 is 0.364 bits per heavy atom. The number of carbonyl (C=O) groups is 18. The summed E-state index contributed by atoms with van der Waals surface area (Å²) in [5.74, 6) is -17.9. The predicted octanol–water partition coefficient (Wildman–Crippen LogP) is -8.05. The summed E-state index contributed by atoms with van der Waals surface area (Å²) in [6.45, 7) is 2.49. The molecule has 0 aliphatic carbocycles. The number of likely N-dealkylation sites (N-methyl/N-ethyl adjacent to an activating group) is 1. The Hall–Kier alpha value is -12.7. The van der Waals surface area contributed by atoms with Crippen LogP contribution in [0.3, 0.4) is 0 Å². The smallest absolute Gasteiger partial charge is 0.245 e. The fraction of sp³-hybridized carbons (Fsp3) is 0.476. The number of H-pyrrole nitrogens is 1. The number of nitrogens with two attached hydrogens (primary N) is 4. The molecular weight excluding hydrogens is 1720 g/mol. The molecular formula is C84H120N22O21S2. The number of fused-ring (bicyclic) bond motifs is 1. The summed E-state index contributed by atoms with van der Waals surface area (Å²) >= 11 is 8.32. The van der Waals surface area contributed by atoms with Crippen molar-refractivity contribution >= 4 is 142 Å². The Bertz CT molecular complexity index is 4600. The number of nitrogens with one attached hydrogen (secondary N) is 18. The average Bonchev–Trinajstić information content (AvgIpc) is 1.65. The van der Waals surface area contributed by atoms with E-state index in [9.17, 15) is 87.2 Å². The molecule has 0 fully saturated rings.